The fraction of sp³-hybridized carbons (Fsp3) is 0.222. The topological polar surface area (TPSA) is 76.9 Å². The van der Waals surface area contributed by atoms with Crippen LogP contribution in [0.5, 0.6) is 0 Å². The first-order valence-corrected chi connectivity index (χ1v) is 9.52. The van der Waals surface area contributed by atoms with Crippen molar-refractivity contribution in [2.24, 2.45) is 5.92 Å². The van der Waals surface area contributed by atoms with Gasteiger partial charge < -0.3 is 0 Å². The molecule has 0 aliphatic heterocycles. The molecule has 25 heavy (non-hydrogen) atoms. The first-order valence-electron chi connectivity index (χ1n) is 8.03. The van der Waals surface area contributed by atoms with Crippen LogP contribution in [0.2, 0.25) is 0 Å². The van der Waals surface area contributed by atoms with Crippen molar-refractivity contribution < 1.29 is 8.42 Å². The molecule has 0 atom stereocenters. The van der Waals surface area contributed by atoms with Crippen LogP contribution in [0.4, 0.5) is 5.82 Å². The molecule has 0 aliphatic rings. The molecule has 130 valence electrons. The highest BCUT2D eigenvalue weighted by Gasteiger charge is 2.16. The van der Waals surface area contributed by atoms with Crippen molar-refractivity contribution in [1.82, 2.24) is 15.0 Å². The van der Waals surface area contributed by atoms with Gasteiger partial charge in [0.2, 0.25) is 0 Å². The minimum Gasteiger partial charge on any atom is -0.260 e. The van der Waals surface area contributed by atoms with E-state index in [0.29, 0.717) is 5.92 Å². The third-order valence-electron chi connectivity index (χ3n) is 3.63. The lowest BCUT2D eigenvalue weighted by Gasteiger charge is -2.08. The zero-order valence-electron chi connectivity index (χ0n) is 14.1. The molecule has 1 N–H and O–H groups in total. The molecule has 3 rings (SSSR count). The van der Waals surface area contributed by atoms with E-state index in [4.69, 9.17) is 0 Å². The Morgan fingerprint density at radius 1 is 1.04 bits per heavy atom. The Labute approximate surface area is 147 Å². The van der Waals surface area contributed by atoms with Crippen molar-refractivity contribution in [2.45, 2.75) is 25.2 Å². The van der Waals surface area contributed by atoms with E-state index in [9.17, 15) is 8.42 Å². The SMILES string of the molecule is CC(C)Cc1ccc(S(=O)(=O)Nc2cn(-c3ccccc3)nn2)cc1. The van der Waals surface area contributed by atoms with Gasteiger partial charge in [0.1, 0.15) is 0 Å². The summed E-state index contributed by atoms with van der Waals surface area (Å²) in [6.45, 7) is 4.25. The van der Waals surface area contributed by atoms with Crippen LogP contribution in [0.1, 0.15) is 19.4 Å². The van der Waals surface area contributed by atoms with Gasteiger partial charge >= 0.3 is 0 Å². The highest BCUT2D eigenvalue weighted by molar-refractivity contribution is 7.92. The summed E-state index contributed by atoms with van der Waals surface area (Å²) < 4.78 is 29.0. The van der Waals surface area contributed by atoms with Crippen molar-refractivity contribution in [2.75, 3.05) is 4.72 Å². The lowest BCUT2D eigenvalue weighted by atomic mass is 10.0. The van der Waals surface area contributed by atoms with Crippen LogP contribution in [-0.2, 0) is 16.4 Å². The standard InChI is InChI=1S/C18H20N4O2S/c1-14(2)12-15-8-10-17(11-9-15)25(23,24)20-18-13-22(21-19-18)16-6-4-3-5-7-16/h3-11,13-14,20H,12H2,1-2H3. The summed E-state index contributed by atoms with van der Waals surface area (Å²) in [6, 6.07) is 16.3. The summed E-state index contributed by atoms with van der Waals surface area (Å²) >= 11 is 0. The van der Waals surface area contributed by atoms with Gasteiger partial charge in [-0.2, -0.15) is 0 Å². The fourth-order valence-corrected chi connectivity index (χ4v) is 3.47. The average molecular weight is 356 g/mol. The molecule has 0 fully saturated rings. The second-order valence-corrected chi connectivity index (χ2v) is 7.91. The molecule has 1 aromatic heterocycles. The van der Waals surface area contributed by atoms with Gasteiger partial charge in [0.25, 0.3) is 10.0 Å². The van der Waals surface area contributed by atoms with Crippen LogP contribution < -0.4 is 4.72 Å². The Bertz CT molecular complexity index is 933. The highest BCUT2D eigenvalue weighted by atomic mass is 32.2. The first kappa shape index (κ1) is 17.2. The van der Waals surface area contributed by atoms with Gasteiger partial charge in [0, 0.05) is 0 Å². The third-order valence-corrected chi connectivity index (χ3v) is 5.00. The Morgan fingerprint density at radius 2 is 1.72 bits per heavy atom. The molecular weight excluding hydrogens is 336 g/mol. The second-order valence-electron chi connectivity index (χ2n) is 6.23. The van der Waals surface area contributed by atoms with Gasteiger partial charge in [-0.3, -0.25) is 4.72 Å². The molecule has 0 saturated carbocycles. The monoisotopic (exact) mass is 356 g/mol. The fourth-order valence-electron chi connectivity index (χ4n) is 2.49. The van der Waals surface area contributed by atoms with Crippen molar-refractivity contribution in [1.29, 1.82) is 0 Å². The number of rotatable bonds is 6. The smallest absolute Gasteiger partial charge is 0.260 e. The summed E-state index contributed by atoms with van der Waals surface area (Å²) in [6.07, 6.45) is 2.46. The highest BCUT2D eigenvalue weighted by Crippen LogP contribution is 2.17. The van der Waals surface area contributed by atoms with E-state index in [0.717, 1.165) is 17.7 Å². The minimum atomic E-state index is -3.69. The molecule has 0 aliphatic carbocycles. The number of anilines is 1. The van der Waals surface area contributed by atoms with E-state index < -0.39 is 10.0 Å². The molecule has 0 spiro atoms. The molecule has 0 radical (unpaired) electrons. The van der Waals surface area contributed by atoms with Crippen LogP contribution in [0.15, 0.2) is 65.7 Å². The molecule has 1 heterocycles. The normalized spacial score (nSPS) is 11.6. The van der Waals surface area contributed by atoms with Crippen LogP contribution in [0.3, 0.4) is 0 Å². The number of sulfonamides is 1. The Hall–Kier alpha value is -2.67. The predicted molar refractivity (Wildman–Crippen MR) is 97.2 cm³/mol. The van der Waals surface area contributed by atoms with Crippen molar-refractivity contribution in [3.8, 4) is 5.69 Å². The molecule has 0 unspecified atom stereocenters. The van der Waals surface area contributed by atoms with E-state index in [1.165, 1.54) is 4.68 Å². The van der Waals surface area contributed by atoms with E-state index in [1.807, 2.05) is 42.5 Å². The molecule has 0 amide bonds. The van der Waals surface area contributed by atoms with Crippen molar-refractivity contribution >= 4 is 15.8 Å². The van der Waals surface area contributed by atoms with E-state index in [1.54, 1.807) is 18.3 Å². The molecule has 2 aromatic carbocycles. The number of nitrogens with zero attached hydrogens (tertiary/aromatic N) is 3. The van der Waals surface area contributed by atoms with Crippen LogP contribution in [-0.4, -0.2) is 23.4 Å². The van der Waals surface area contributed by atoms with E-state index in [2.05, 4.69) is 28.9 Å². The zero-order valence-corrected chi connectivity index (χ0v) is 14.9. The van der Waals surface area contributed by atoms with Gasteiger partial charge in [-0.25, -0.2) is 13.1 Å². The van der Waals surface area contributed by atoms with Crippen LogP contribution >= 0.6 is 0 Å². The summed E-state index contributed by atoms with van der Waals surface area (Å²) in [5.74, 6) is 0.698. The Balaban J connectivity index is 1.77. The summed E-state index contributed by atoms with van der Waals surface area (Å²) in [5.41, 5.74) is 1.92. The number of para-hydroxylation sites is 1. The summed E-state index contributed by atoms with van der Waals surface area (Å²) in [5, 5.41) is 7.83. The van der Waals surface area contributed by atoms with Gasteiger partial charge in [0.15, 0.2) is 5.82 Å². The minimum absolute atomic E-state index is 0.176. The largest absolute Gasteiger partial charge is 0.263 e. The maximum atomic E-state index is 12.5. The van der Waals surface area contributed by atoms with Gasteiger partial charge in [-0.1, -0.05) is 49.4 Å². The zero-order chi connectivity index (χ0) is 17.9. The number of benzene rings is 2. The average Bonchev–Trinajstić information content (AvgIpc) is 3.03. The number of nitrogens with one attached hydrogen (secondary N) is 1. The lowest BCUT2D eigenvalue weighted by molar-refractivity contribution is 0.601. The quantitative estimate of drug-likeness (QED) is 0.735. The summed E-state index contributed by atoms with van der Waals surface area (Å²) in [4.78, 5) is 0.203. The molecule has 0 bridgehead atoms. The summed E-state index contributed by atoms with van der Waals surface area (Å²) in [7, 11) is -3.69. The van der Waals surface area contributed by atoms with Crippen LogP contribution in [0, 0.1) is 5.92 Å². The molecule has 7 heteroatoms. The Morgan fingerprint density at radius 3 is 2.36 bits per heavy atom. The maximum absolute atomic E-state index is 12.5. The predicted octanol–water partition coefficient (Wildman–Crippen LogP) is 3.27. The first-order chi connectivity index (χ1) is 11.9. The number of hydrogen-bond acceptors (Lipinski definition) is 4. The van der Waals surface area contributed by atoms with Gasteiger partial charge in [-0.05, 0) is 42.2 Å². The van der Waals surface area contributed by atoms with Crippen molar-refractivity contribution in [3.05, 3.63) is 66.4 Å². The molecule has 3 aromatic rings. The van der Waals surface area contributed by atoms with E-state index >= 15 is 0 Å². The van der Waals surface area contributed by atoms with Crippen LogP contribution in [0.25, 0.3) is 5.69 Å². The number of hydrogen-bond donors (Lipinski definition) is 1. The lowest BCUT2D eigenvalue weighted by Crippen LogP contribution is -2.13. The van der Waals surface area contributed by atoms with Crippen molar-refractivity contribution in [3.63, 3.8) is 0 Å². The number of aromatic nitrogens is 3. The maximum Gasteiger partial charge on any atom is 0.263 e. The molecule has 0 saturated heterocycles. The molecule has 6 nitrogen and oxygen atoms in total. The van der Waals surface area contributed by atoms with Gasteiger partial charge in [0.05, 0.1) is 16.8 Å². The van der Waals surface area contributed by atoms with Gasteiger partial charge in [-0.15, -0.1) is 5.10 Å². The van der Waals surface area contributed by atoms with E-state index in [-0.39, 0.29) is 10.7 Å². The molecular formula is C18H20N4O2S. The third kappa shape index (κ3) is 4.24. The Kier molecular flexibility index (Phi) is 4.85. The second kappa shape index (κ2) is 7.06.